The van der Waals surface area contributed by atoms with Gasteiger partial charge in [0, 0.05) is 11.6 Å². The van der Waals surface area contributed by atoms with Crippen molar-refractivity contribution < 1.29 is 10.2 Å². The molecule has 4 nitrogen and oxygen atoms in total. The predicted molar refractivity (Wildman–Crippen MR) is 77.9 cm³/mol. The molecule has 1 aromatic heterocycles. The Kier molecular flexibility index (Phi) is 2.88. The normalized spacial score (nSPS) is 10.8. The van der Waals surface area contributed by atoms with Crippen molar-refractivity contribution in [3.63, 3.8) is 0 Å². The Morgan fingerprint density at radius 2 is 1.80 bits per heavy atom. The summed E-state index contributed by atoms with van der Waals surface area (Å²) in [6.07, 6.45) is 1.60. The van der Waals surface area contributed by atoms with Gasteiger partial charge in [0.05, 0.1) is 10.7 Å². The molecule has 0 saturated heterocycles. The highest BCUT2D eigenvalue weighted by molar-refractivity contribution is 6.32. The van der Waals surface area contributed by atoms with E-state index in [4.69, 9.17) is 11.6 Å². The summed E-state index contributed by atoms with van der Waals surface area (Å²) in [6.45, 7) is 0. The van der Waals surface area contributed by atoms with Crippen LogP contribution in [-0.4, -0.2) is 14.8 Å². The fourth-order valence-corrected chi connectivity index (χ4v) is 2.26. The Bertz CT molecular complexity index is 871. The predicted octanol–water partition coefficient (Wildman–Crippen LogP) is 3.06. The molecule has 0 aliphatic rings. The summed E-state index contributed by atoms with van der Waals surface area (Å²) in [5.41, 5.74) is 0.344. The smallest absolute Gasteiger partial charge is 0.262 e. The third-order valence-corrected chi connectivity index (χ3v) is 3.40. The molecule has 0 amide bonds. The standard InChI is InChI=1S/C15H10ClNO3/c16-13-8-10(1-4-14(13)19)17-6-5-9-7-11(18)2-3-12(9)15(17)20/h1-8,18-19H. The molecule has 100 valence electrons. The van der Waals surface area contributed by atoms with Gasteiger partial charge in [0.25, 0.3) is 5.56 Å². The first kappa shape index (κ1) is 12.6. The van der Waals surface area contributed by atoms with Crippen LogP contribution in [0.15, 0.2) is 53.5 Å². The molecule has 20 heavy (non-hydrogen) atoms. The third-order valence-electron chi connectivity index (χ3n) is 3.10. The monoisotopic (exact) mass is 287 g/mol. The number of halogens is 1. The maximum absolute atomic E-state index is 12.4. The molecule has 0 atom stereocenters. The van der Waals surface area contributed by atoms with Crippen LogP contribution in [0.5, 0.6) is 11.5 Å². The van der Waals surface area contributed by atoms with Gasteiger partial charge in [-0.15, -0.1) is 0 Å². The van der Waals surface area contributed by atoms with Crippen molar-refractivity contribution in [3.8, 4) is 17.2 Å². The molecule has 0 aliphatic heterocycles. The number of hydrogen-bond acceptors (Lipinski definition) is 3. The van der Waals surface area contributed by atoms with Gasteiger partial charge in [-0.05, 0) is 47.9 Å². The van der Waals surface area contributed by atoms with E-state index < -0.39 is 0 Å². The van der Waals surface area contributed by atoms with Crippen LogP contribution in [-0.2, 0) is 0 Å². The van der Waals surface area contributed by atoms with Gasteiger partial charge in [0.1, 0.15) is 11.5 Å². The van der Waals surface area contributed by atoms with Crippen molar-refractivity contribution in [3.05, 3.63) is 64.0 Å². The van der Waals surface area contributed by atoms with Crippen LogP contribution in [0, 0.1) is 0 Å². The zero-order valence-electron chi connectivity index (χ0n) is 10.2. The molecule has 2 aromatic carbocycles. The van der Waals surface area contributed by atoms with Crippen molar-refractivity contribution in [2.24, 2.45) is 0 Å². The summed E-state index contributed by atoms with van der Waals surface area (Å²) in [5, 5.41) is 20.2. The van der Waals surface area contributed by atoms with Crippen molar-refractivity contribution in [1.29, 1.82) is 0 Å². The first-order valence-corrected chi connectivity index (χ1v) is 6.27. The first-order chi connectivity index (χ1) is 9.56. The van der Waals surface area contributed by atoms with Gasteiger partial charge in [-0.1, -0.05) is 11.6 Å². The fourth-order valence-electron chi connectivity index (χ4n) is 2.08. The van der Waals surface area contributed by atoms with Crippen LogP contribution in [0.1, 0.15) is 0 Å². The molecule has 3 rings (SSSR count). The molecular formula is C15H10ClNO3. The lowest BCUT2D eigenvalue weighted by Gasteiger charge is -2.08. The van der Waals surface area contributed by atoms with E-state index in [0.717, 1.165) is 0 Å². The van der Waals surface area contributed by atoms with Gasteiger partial charge in [-0.3, -0.25) is 9.36 Å². The minimum atomic E-state index is -0.218. The number of phenols is 2. The number of pyridine rings is 1. The largest absolute Gasteiger partial charge is 0.508 e. The number of fused-ring (bicyclic) bond motifs is 1. The number of hydrogen-bond donors (Lipinski definition) is 2. The SMILES string of the molecule is O=c1c2ccc(O)cc2ccn1-c1ccc(O)c(Cl)c1. The molecule has 0 radical (unpaired) electrons. The lowest BCUT2D eigenvalue weighted by Crippen LogP contribution is -2.17. The fraction of sp³-hybridized carbons (Fsp3) is 0. The van der Waals surface area contributed by atoms with Crippen molar-refractivity contribution in [1.82, 2.24) is 4.57 Å². The number of aromatic nitrogens is 1. The third kappa shape index (κ3) is 2.00. The lowest BCUT2D eigenvalue weighted by molar-refractivity contribution is 0.475. The molecule has 0 saturated carbocycles. The Labute approximate surface area is 119 Å². The van der Waals surface area contributed by atoms with E-state index >= 15 is 0 Å². The highest BCUT2D eigenvalue weighted by Crippen LogP contribution is 2.25. The van der Waals surface area contributed by atoms with E-state index in [9.17, 15) is 15.0 Å². The minimum Gasteiger partial charge on any atom is -0.508 e. The topological polar surface area (TPSA) is 62.5 Å². The number of rotatable bonds is 1. The lowest BCUT2D eigenvalue weighted by atomic mass is 10.1. The number of nitrogens with zero attached hydrogens (tertiary/aromatic N) is 1. The van der Waals surface area contributed by atoms with Crippen molar-refractivity contribution in [2.75, 3.05) is 0 Å². The van der Waals surface area contributed by atoms with E-state index in [-0.39, 0.29) is 22.1 Å². The second-order valence-electron chi connectivity index (χ2n) is 4.40. The molecule has 0 bridgehead atoms. The summed E-state index contributed by atoms with van der Waals surface area (Å²) in [7, 11) is 0. The molecule has 0 spiro atoms. The summed E-state index contributed by atoms with van der Waals surface area (Å²) in [5.74, 6) is 0.0801. The summed E-state index contributed by atoms with van der Waals surface area (Å²) < 4.78 is 1.44. The summed E-state index contributed by atoms with van der Waals surface area (Å²) in [6, 6.07) is 10.9. The first-order valence-electron chi connectivity index (χ1n) is 5.89. The van der Waals surface area contributed by atoms with E-state index in [1.165, 1.54) is 28.8 Å². The molecule has 3 aromatic rings. The number of aromatic hydroxyl groups is 2. The molecule has 0 fully saturated rings. The van der Waals surface area contributed by atoms with Crippen LogP contribution in [0.25, 0.3) is 16.5 Å². The maximum atomic E-state index is 12.4. The van der Waals surface area contributed by atoms with Crippen LogP contribution in [0.4, 0.5) is 0 Å². The van der Waals surface area contributed by atoms with Gasteiger partial charge in [0.15, 0.2) is 0 Å². The molecular weight excluding hydrogens is 278 g/mol. The quantitative estimate of drug-likeness (QED) is 0.723. The highest BCUT2D eigenvalue weighted by Gasteiger charge is 2.07. The zero-order valence-corrected chi connectivity index (χ0v) is 11.0. The molecule has 0 aliphatic carbocycles. The summed E-state index contributed by atoms with van der Waals surface area (Å²) in [4.78, 5) is 12.4. The number of phenolic OH excluding ortho intramolecular Hbond substituents is 2. The van der Waals surface area contributed by atoms with Gasteiger partial charge >= 0.3 is 0 Å². The van der Waals surface area contributed by atoms with Gasteiger partial charge in [0.2, 0.25) is 0 Å². The van der Waals surface area contributed by atoms with Crippen molar-refractivity contribution in [2.45, 2.75) is 0 Å². The minimum absolute atomic E-state index is 0.0332. The van der Waals surface area contributed by atoms with E-state index in [0.29, 0.717) is 16.5 Å². The number of benzene rings is 2. The molecule has 5 heteroatoms. The van der Waals surface area contributed by atoms with Crippen LogP contribution in [0.3, 0.4) is 0 Å². The van der Waals surface area contributed by atoms with Crippen LogP contribution < -0.4 is 5.56 Å². The van der Waals surface area contributed by atoms with Gasteiger partial charge in [-0.25, -0.2) is 0 Å². The second-order valence-corrected chi connectivity index (χ2v) is 4.81. The Balaban J connectivity index is 2.27. The maximum Gasteiger partial charge on any atom is 0.262 e. The highest BCUT2D eigenvalue weighted by atomic mass is 35.5. The molecule has 1 heterocycles. The average Bonchev–Trinajstić information content (AvgIpc) is 2.42. The zero-order chi connectivity index (χ0) is 14.3. The molecule has 2 N–H and O–H groups in total. The van der Waals surface area contributed by atoms with E-state index in [1.54, 1.807) is 24.4 Å². The van der Waals surface area contributed by atoms with Gasteiger partial charge < -0.3 is 10.2 Å². The van der Waals surface area contributed by atoms with Gasteiger partial charge in [-0.2, -0.15) is 0 Å². The average molecular weight is 288 g/mol. The Morgan fingerprint density at radius 1 is 1.00 bits per heavy atom. The molecule has 0 unspecified atom stereocenters. The Hall–Kier alpha value is -2.46. The van der Waals surface area contributed by atoms with E-state index in [1.807, 2.05) is 0 Å². The van der Waals surface area contributed by atoms with E-state index in [2.05, 4.69) is 0 Å². The van der Waals surface area contributed by atoms with Crippen molar-refractivity contribution >= 4 is 22.4 Å². The van der Waals surface area contributed by atoms with Crippen LogP contribution >= 0.6 is 11.6 Å². The second kappa shape index (κ2) is 4.58. The van der Waals surface area contributed by atoms with Crippen LogP contribution in [0.2, 0.25) is 5.02 Å². The Morgan fingerprint density at radius 3 is 2.55 bits per heavy atom. The summed E-state index contributed by atoms with van der Waals surface area (Å²) >= 11 is 5.86.